The van der Waals surface area contributed by atoms with Crippen LogP contribution in [0.15, 0.2) is 40.8 Å². The Kier molecular flexibility index (Phi) is 5.15. The minimum absolute atomic E-state index is 0.320. The maximum Gasteiger partial charge on any atom is 0.203 e. The van der Waals surface area contributed by atoms with E-state index in [2.05, 4.69) is 4.90 Å². The van der Waals surface area contributed by atoms with Gasteiger partial charge < -0.3 is 9.52 Å². The van der Waals surface area contributed by atoms with Crippen molar-refractivity contribution in [3.63, 3.8) is 0 Å². The standard InChI is InChI=1S/C17H20N2O2/c1-3-19(11-16-9-8-15(10-18)21-16)12-17(20)14-6-4-13(2)5-7-14/h4-9,17,20H,3,11-12H2,1-2H3. The lowest BCUT2D eigenvalue weighted by atomic mass is 10.1. The lowest BCUT2D eigenvalue weighted by Gasteiger charge is -2.22. The molecule has 21 heavy (non-hydrogen) atoms. The molecule has 4 nitrogen and oxygen atoms in total. The van der Waals surface area contributed by atoms with Crippen LogP contribution in [0.1, 0.15) is 35.7 Å². The minimum Gasteiger partial charge on any atom is -0.449 e. The molecule has 0 spiro atoms. The first-order valence-electron chi connectivity index (χ1n) is 7.08. The van der Waals surface area contributed by atoms with Crippen molar-refractivity contribution in [3.8, 4) is 6.07 Å². The highest BCUT2D eigenvalue weighted by Gasteiger charge is 2.14. The van der Waals surface area contributed by atoms with Crippen LogP contribution in [0.4, 0.5) is 0 Å². The third-order valence-corrected chi connectivity index (χ3v) is 3.49. The highest BCUT2D eigenvalue weighted by Crippen LogP contribution is 2.17. The Hall–Kier alpha value is -2.09. The van der Waals surface area contributed by atoms with Crippen LogP contribution in [-0.2, 0) is 6.54 Å². The molecule has 0 aliphatic heterocycles. The molecule has 1 atom stereocenters. The summed E-state index contributed by atoms with van der Waals surface area (Å²) in [5.41, 5.74) is 2.09. The van der Waals surface area contributed by atoms with Crippen LogP contribution < -0.4 is 0 Å². The van der Waals surface area contributed by atoms with Crippen LogP contribution in [0.5, 0.6) is 0 Å². The molecular formula is C17H20N2O2. The summed E-state index contributed by atoms with van der Waals surface area (Å²) in [6.07, 6.45) is -0.532. The molecule has 0 fully saturated rings. The lowest BCUT2D eigenvalue weighted by molar-refractivity contribution is 0.108. The molecule has 1 aromatic heterocycles. The average molecular weight is 284 g/mol. The van der Waals surface area contributed by atoms with Gasteiger partial charge in [0.25, 0.3) is 0 Å². The molecule has 2 aromatic rings. The number of hydrogen-bond acceptors (Lipinski definition) is 4. The Labute approximate surface area is 125 Å². The van der Waals surface area contributed by atoms with Crippen LogP contribution in [0.3, 0.4) is 0 Å². The summed E-state index contributed by atoms with van der Waals surface area (Å²) in [7, 11) is 0. The normalized spacial score (nSPS) is 12.3. The number of nitrogens with zero attached hydrogens (tertiary/aromatic N) is 2. The van der Waals surface area contributed by atoms with E-state index >= 15 is 0 Å². The van der Waals surface area contributed by atoms with Crippen LogP contribution >= 0.6 is 0 Å². The van der Waals surface area contributed by atoms with Crippen LogP contribution in [0, 0.1) is 18.3 Å². The first-order valence-corrected chi connectivity index (χ1v) is 7.08. The van der Waals surface area contributed by atoms with Gasteiger partial charge in [-0.1, -0.05) is 36.8 Å². The third-order valence-electron chi connectivity index (χ3n) is 3.49. The number of hydrogen-bond donors (Lipinski definition) is 1. The molecule has 2 rings (SSSR count). The molecule has 110 valence electrons. The Balaban J connectivity index is 1.98. The monoisotopic (exact) mass is 284 g/mol. The summed E-state index contributed by atoms with van der Waals surface area (Å²) in [6, 6.07) is 13.4. The molecule has 0 saturated heterocycles. The number of aliphatic hydroxyl groups is 1. The van der Waals surface area contributed by atoms with Gasteiger partial charge in [0.1, 0.15) is 11.8 Å². The van der Waals surface area contributed by atoms with E-state index in [4.69, 9.17) is 9.68 Å². The Morgan fingerprint density at radius 1 is 1.24 bits per heavy atom. The van der Waals surface area contributed by atoms with Crippen LogP contribution in [0.25, 0.3) is 0 Å². The van der Waals surface area contributed by atoms with E-state index in [9.17, 15) is 5.11 Å². The molecule has 4 heteroatoms. The topological polar surface area (TPSA) is 60.4 Å². The maximum atomic E-state index is 10.3. The number of furan rings is 1. The summed E-state index contributed by atoms with van der Waals surface area (Å²) in [4.78, 5) is 2.09. The van der Waals surface area contributed by atoms with Gasteiger partial charge >= 0.3 is 0 Å². The van der Waals surface area contributed by atoms with Crippen LogP contribution in [-0.4, -0.2) is 23.1 Å². The third kappa shape index (κ3) is 4.19. The summed E-state index contributed by atoms with van der Waals surface area (Å²) in [6.45, 7) is 5.98. The van der Waals surface area contributed by atoms with Crippen molar-refractivity contribution in [1.82, 2.24) is 4.90 Å². The largest absolute Gasteiger partial charge is 0.449 e. The van der Waals surface area contributed by atoms with Gasteiger partial charge in [-0.25, -0.2) is 0 Å². The minimum atomic E-state index is -0.532. The smallest absolute Gasteiger partial charge is 0.203 e. The highest BCUT2D eigenvalue weighted by atomic mass is 16.3. The second kappa shape index (κ2) is 7.07. The average Bonchev–Trinajstić information content (AvgIpc) is 2.94. The highest BCUT2D eigenvalue weighted by molar-refractivity contribution is 5.23. The summed E-state index contributed by atoms with van der Waals surface area (Å²) in [5.74, 6) is 1.06. The fourth-order valence-corrected chi connectivity index (χ4v) is 2.19. The van der Waals surface area contributed by atoms with Gasteiger partial charge in [-0.05, 0) is 31.2 Å². The van der Waals surface area contributed by atoms with Gasteiger partial charge in [0, 0.05) is 6.54 Å². The molecule has 1 heterocycles. The summed E-state index contributed by atoms with van der Waals surface area (Å²) < 4.78 is 5.38. The number of rotatable bonds is 6. The summed E-state index contributed by atoms with van der Waals surface area (Å²) in [5, 5.41) is 19.1. The van der Waals surface area contributed by atoms with Crippen LogP contribution in [0.2, 0.25) is 0 Å². The first-order chi connectivity index (χ1) is 10.1. The van der Waals surface area contributed by atoms with E-state index < -0.39 is 6.10 Å². The van der Waals surface area contributed by atoms with Crippen molar-refractivity contribution in [3.05, 3.63) is 59.0 Å². The zero-order valence-electron chi connectivity index (χ0n) is 12.4. The van der Waals surface area contributed by atoms with Crippen molar-refractivity contribution in [2.24, 2.45) is 0 Å². The van der Waals surface area contributed by atoms with E-state index in [0.29, 0.717) is 18.8 Å². The second-order valence-electron chi connectivity index (χ2n) is 5.13. The van der Waals surface area contributed by atoms with Gasteiger partial charge in [-0.3, -0.25) is 4.90 Å². The number of aliphatic hydroxyl groups excluding tert-OH is 1. The number of benzene rings is 1. The quantitative estimate of drug-likeness (QED) is 0.885. The number of nitriles is 1. The molecule has 0 aliphatic carbocycles. The van der Waals surface area contributed by atoms with Crippen molar-refractivity contribution in [2.75, 3.05) is 13.1 Å². The molecular weight excluding hydrogens is 264 g/mol. The van der Waals surface area contributed by atoms with Gasteiger partial charge in [0.2, 0.25) is 5.76 Å². The molecule has 1 unspecified atom stereocenters. The molecule has 0 amide bonds. The van der Waals surface area contributed by atoms with E-state index in [-0.39, 0.29) is 0 Å². The van der Waals surface area contributed by atoms with Gasteiger partial charge in [0.15, 0.2) is 0 Å². The van der Waals surface area contributed by atoms with Crippen molar-refractivity contribution < 1.29 is 9.52 Å². The molecule has 1 aromatic carbocycles. The van der Waals surface area contributed by atoms with Crippen molar-refractivity contribution in [1.29, 1.82) is 5.26 Å². The second-order valence-corrected chi connectivity index (χ2v) is 5.13. The van der Waals surface area contributed by atoms with Gasteiger partial charge in [-0.15, -0.1) is 0 Å². The van der Waals surface area contributed by atoms with E-state index in [1.165, 1.54) is 5.56 Å². The van der Waals surface area contributed by atoms with Crippen molar-refractivity contribution in [2.45, 2.75) is 26.5 Å². The molecule has 0 saturated carbocycles. The van der Waals surface area contributed by atoms with E-state index in [0.717, 1.165) is 17.9 Å². The Morgan fingerprint density at radius 3 is 2.52 bits per heavy atom. The van der Waals surface area contributed by atoms with Gasteiger partial charge in [-0.2, -0.15) is 5.26 Å². The van der Waals surface area contributed by atoms with Crippen molar-refractivity contribution >= 4 is 0 Å². The maximum absolute atomic E-state index is 10.3. The van der Waals surface area contributed by atoms with E-state index in [1.807, 2.05) is 44.2 Å². The number of likely N-dealkylation sites (N-methyl/N-ethyl adjacent to an activating group) is 1. The Bertz CT molecular complexity index is 610. The fourth-order valence-electron chi connectivity index (χ4n) is 2.19. The Morgan fingerprint density at radius 2 is 1.95 bits per heavy atom. The van der Waals surface area contributed by atoms with Gasteiger partial charge in [0.05, 0.1) is 12.6 Å². The lowest BCUT2D eigenvalue weighted by Crippen LogP contribution is -2.28. The summed E-state index contributed by atoms with van der Waals surface area (Å²) >= 11 is 0. The zero-order chi connectivity index (χ0) is 15.2. The molecule has 0 radical (unpaired) electrons. The molecule has 0 aliphatic rings. The fraction of sp³-hybridized carbons (Fsp3) is 0.353. The molecule has 0 bridgehead atoms. The zero-order valence-corrected chi connectivity index (χ0v) is 12.4. The SMILES string of the molecule is CCN(Cc1ccc(C#N)o1)CC(O)c1ccc(C)cc1. The predicted molar refractivity (Wildman–Crippen MR) is 80.5 cm³/mol. The number of aryl methyl sites for hydroxylation is 1. The predicted octanol–water partition coefficient (Wildman–Crippen LogP) is 3.02. The first kappa shape index (κ1) is 15.3. The van der Waals surface area contributed by atoms with E-state index in [1.54, 1.807) is 12.1 Å². The molecule has 1 N–H and O–H groups in total.